The topological polar surface area (TPSA) is 32.8 Å². The molecule has 0 saturated carbocycles. The first-order valence-electron chi connectivity index (χ1n) is 9.04. The van der Waals surface area contributed by atoms with Crippen LogP contribution in [0, 0.1) is 5.82 Å². The number of amides is 1. The van der Waals surface area contributed by atoms with Crippen LogP contribution in [0.4, 0.5) is 10.1 Å². The van der Waals surface area contributed by atoms with Crippen LogP contribution in [-0.4, -0.2) is 43.6 Å². The minimum absolute atomic E-state index is 0.00214. The van der Waals surface area contributed by atoms with Crippen molar-refractivity contribution < 1.29 is 13.9 Å². The average Bonchev–Trinajstić information content (AvgIpc) is 2.67. The highest BCUT2D eigenvalue weighted by molar-refractivity contribution is 5.78. The zero-order valence-corrected chi connectivity index (χ0v) is 15.3. The van der Waals surface area contributed by atoms with E-state index >= 15 is 0 Å². The van der Waals surface area contributed by atoms with E-state index in [0.717, 1.165) is 30.1 Å². The summed E-state index contributed by atoms with van der Waals surface area (Å²) < 4.78 is 18.8. The Morgan fingerprint density at radius 2 is 1.69 bits per heavy atom. The Morgan fingerprint density at radius 1 is 1.04 bits per heavy atom. The summed E-state index contributed by atoms with van der Waals surface area (Å²) in [5.74, 6) is 0.894. The van der Waals surface area contributed by atoms with E-state index in [2.05, 4.69) is 18.7 Å². The largest absolute Gasteiger partial charge is 0.483 e. The van der Waals surface area contributed by atoms with Crippen LogP contribution in [0.5, 0.6) is 5.75 Å². The summed E-state index contributed by atoms with van der Waals surface area (Å²) in [7, 11) is 0. The molecule has 0 atom stereocenters. The summed E-state index contributed by atoms with van der Waals surface area (Å²) in [4.78, 5) is 16.5. The van der Waals surface area contributed by atoms with Gasteiger partial charge in [0.2, 0.25) is 0 Å². The Bertz CT molecular complexity index is 738. The maximum atomic E-state index is 13.0. The van der Waals surface area contributed by atoms with E-state index in [-0.39, 0.29) is 18.3 Å². The molecular formula is C21H25FN2O2. The van der Waals surface area contributed by atoms with Gasteiger partial charge in [-0.05, 0) is 41.8 Å². The van der Waals surface area contributed by atoms with Gasteiger partial charge in [0.05, 0.1) is 0 Å². The number of benzene rings is 2. The molecule has 1 saturated heterocycles. The second-order valence-electron chi connectivity index (χ2n) is 6.83. The van der Waals surface area contributed by atoms with E-state index in [1.807, 2.05) is 29.2 Å². The Morgan fingerprint density at radius 3 is 2.35 bits per heavy atom. The van der Waals surface area contributed by atoms with Crippen molar-refractivity contribution in [2.75, 3.05) is 37.7 Å². The van der Waals surface area contributed by atoms with Crippen LogP contribution in [0.1, 0.15) is 25.3 Å². The van der Waals surface area contributed by atoms with Crippen molar-refractivity contribution in [1.82, 2.24) is 4.90 Å². The minimum Gasteiger partial charge on any atom is -0.483 e. The van der Waals surface area contributed by atoms with E-state index in [9.17, 15) is 9.18 Å². The SMILES string of the molecule is CC(C)c1ccccc1OCC(=O)N1CCN(c2ccc(F)cc2)CC1. The quantitative estimate of drug-likeness (QED) is 0.819. The highest BCUT2D eigenvalue weighted by Gasteiger charge is 2.22. The van der Waals surface area contributed by atoms with Crippen LogP contribution in [-0.2, 0) is 4.79 Å². The van der Waals surface area contributed by atoms with Gasteiger partial charge in [0.15, 0.2) is 6.61 Å². The number of para-hydroxylation sites is 1. The number of nitrogens with zero attached hydrogens (tertiary/aromatic N) is 2. The zero-order valence-electron chi connectivity index (χ0n) is 15.3. The van der Waals surface area contributed by atoms with E-state index in [0.29, 0.717) is 19.0 Å². The lowest BCUT2D eigenvalue weighted by atomic mass is 10.0. The number of piperazine rings is 1. The molecule has 2 aromatic rings. The van der Waals surface area contributed by atoms with Crippen molar-refractivity contribution in [3.05, 3.63) is 59.9 Å². The fourth-order valence-corrected chi connectivity index (χ4v) is 3.19. The number of hydrogen-bond donors (Lipinski definition) is 0. The van der Waals surface area contributed by atoms with Gasteiger partial charge in [0.1, 0.15) is 11.6 Å². The zero-order chi connectivity index (χ0) is 18.5. The third kappa shape index (κ3) is 4.34. The molecule has 0 spiro atoms. The van der Waals surface area contributed by atoms with Crippen LogP contribution in [0.25, 0.3) is 0 Å². The highest BCUT2D eigenvalue weighted by atomic mass is 19.1. The van der Waals surface area contributed by atoms with Crippen molar-refractivity contribution in [2.45, 2.75) is 19.8 Å². The van der Waals surface area contributed by atoms with Gasteiger partial charge >= 0.3 is 0 Å². The fraction of sp³-hybridized carbons (Fsp3) is 0.381. The van der Waals surface area contributed by atoms with Crippen molar-refractivity contribution in [3.63, 3.8) is 0 Å². The van der Waals surface area contributed by atoms with Gasteiger partial charge < -0.3 is 14.5 Å². The molecule has 4 nitrogen and oxygen atoms in total. The molecule has 1 fully saturated rings. The van der Waals surface area contributed by atoms with Gasteiger partial charge in [0, 0.05) is 31.9 Å². The number of hydrogen-bond acceptors (Lipinski definition) is 3. The predicted molar refractivity (Wildman–Crippen MR) is 101 cm³/mol. The first kappa shape index (κ1) is 18.2. The summed E-state index contributed by atoms with van der Waals surface area (Å²) in [5, 5.41) is 0. The first-order chi connectivity index (χ1) is 12.5. The van der Waals surface area contributed by atoms with Gasteiger partial charge in [-0.1, -0.05) is 32.0 Å². The third-order valence-electron chi connectivity index (χ3n) is 4.72. The van der Waals surface area contributed by atoms with Crippen LogP contribution in [0.2, 0.25) is 0 Å². The second-order valence-corrected chi connectivity index (χ2v) is 6.83. The molecule has 0 N–H and O–H groups in total. The van der Waals surface area contributed by atoms with Crippen LogP contribution < -0.4 is 9.64 Å². The predicted octanol–water partition coefficient (Wildman–Crippen LogP) is 3.68. The monoisotopic (exact) mass is 356 g/mol. The Labute approximate surface area is 154 Å². The van der Waals surface area contributed by atoms with Crippen molar-refractivity contribution in [1.29, 1.82) is 0 Å². The molecule has 0 bridgehead atoms. The lowest BCUT2D eigenvalue weighted by Crippen LogP contribution is -2.50. The highest BCUT2D eigenvalue weighted by Crippen LogP contribution is 2.26. The second kappa shape index (κ2) is 8.21. The van der Waals surface area contributed by atoms with Crippen molar-refractivity contribution in [3.8, 4) is 5.75 Å². The van der Waals surface area contributed by atoms with Gasteiger partial charge in [-0.3, -0.25) is 4.79 Å². The van der Waals surface area contributed by atoms with Gasteiger partial charge in [-0.2, -0.15) is 0 Å². The maximum Gasteiger partial charge on any atom is 0.260 e. The molecule has 2 aromatic carbocycles. The summed E-state index contributed by atoms with van der Waals surface area (Å²) in [5.41, 5.74) is 2.10. The van der Waals surface area contributed by atoms with Gasteiger partial charge in [-0.15, -0.1) is 0 Å². The number of carbonyl (C=O) groups is 1. The van der Waals surface area contributed by atoms with E-state index in [1.54, 1.807) is 12.1 Å². The summed E-state index contributed by atoms with van der Waals surface area (Å²) in [6, 6.07) is 14.3. The fourth-order valence-electron chi connectivity index (χ4n) is 3.19. The minimum atomic E-state index is -0.235. The molecular weight excluding hydrogens is 331 g/mol. The Hall–Kier alpha value is -2.56. The van der Waals surface area contributed by atoms with Gasteiger partial charge in [-0.25, -0.2) is 4.39 Å². The lowest BCUT2D eigenvalue weighted by molar-refractivity contribution is -0.133. The first-order valence-corrected chi connectivity index (χ1v) is 9.04. The molecule has 5 heteroatoms. The van der Waals surface area contributed by atoms with Gasteiger partial charge in [0.25, 0.3) is 5.91 Å². The molecule has 0 aliphatic carbocycles. The Kier molecular flexibility index (Phi) is 5.76. The molecule has 26 heavy (non-hydrogen) atoms. The lowest BCUT2D eigenvalue weighted by Gasteiger charge is -2.36. The molecule has 0 unspecified atom stereocenters. The number of anilines is 1. The molecule has 0 aromatic heterocycles. The molecule has 1 aliphatic heterocycles. The molecule has 138 valence electrons. The molecule has 3 rings (SSSR count). The molecule has 0 radical (unpaired) electrons. The van der Waals surface area contributed by atoms with Crippen molar-refractivity contribution in [2.24, 2.45) is 0 Å². The Balaban J connectivity index is 1.52. The molecule has 1 heterocycles. The summed E-state index contributed by atoms with van der Waals surface area (Å²) >= 11 is 0. The van der Waals surface area contributed by atoms with E-state index in [1.165, 1.54) is 12.1 Å². The van der Waals surface area contributed by atoms with Crippen LogP contribution >= 0.6 is 0 Å². The summed E-state index contributed by atoms with van der Waals surface area (Å²) in [6.07, 6.45) is 0. The number of carbonyl (C=O) groups excluding carboxylic acids is 1. The summed E-state index contributed by atoms with van der Waals surface area (Å²) in [6.45, 7) is 7.04. The van der Waals surface area contributed by atoms with Crippen LogP contribution in [0.15, 0.2) is 48.5 Å². The number of rotatable bonds is 5. The standard InChI is InChI=1S/C21H25FN2O2/c1-16(2)19-5-3-4-6-20(19)26-15-21(25)24-13-11-23(12-14-24)18-9-7-17(22)8-10-18/h3-10,16H,11-15H2,1-2H3. The molecule has 1 aliphatic rings. The normalized spacial score (nSPS) is 14.6. The third-order valence-corrected chi connectivity index (χ3v) is 4.72. The average molecular weight is 356 g/mol. The molecule has 1 amide bonds. The van der Waals surface area contributed by atoms with E-state index < -0.39 is 0 Å². The smallest absolute Gasteiger partial charge is 0.260 e. The number of ether oxygens (including phenoxy) is 1. The maximum absolute atomic E-state index is 13.0. The van der Waals surface area contributed by atoms with Crippen molar-refractivity contribution >= 4 is 11.6 Å². The number of halogens is 1. The van der Waals surface area contributed by atoms with Crippen LogP contribution in [0.3, 0.4) is 0 Å². The van der Waals surface area contributed by atoms with E-state index in [4.69, 9.17) is 4.74 Å².